The number of aliphatic imine (C=N–C) groups is 1. The molecule has 0 atom stereocenters. The lowest BCUT2D eigenvalue weighted by Gasteiger charge is -2.20. The molecule has 7 nitrogen and oxygen atoms in total. The van der Waals surface area contributed by atoms with Crippen molar-refractivity contribution in [3.63, 3.8) is 0 Å². The normalized spacial score (nSPS) is 12.9. The van der Waals surface area contributed by atoms with Crippen molar-refractivity contribution >= 4 is 17.9 Å². The lowest BCUT2D eigenvalue weighted by Crippen LogP contribution is -2.45. The molecule has 0 aliphatic rings. The first-order chi connectivity index (χ1) is 11.7. The summed E-state index contributed by atoms with van der Waals surface area (Å²) in [6.07, 6.45) is -8.25. The lowest BCUT2D eigenvalue weighted by molar-refractivity contribution is -0.316. The second-order valence-electron chi connectivity index (χ2n) is 5.49. The van der Waals surface area contributed by atoms with E-state index in [4.69, 9.17) is 5.73 Å². The number of nitrogens with zero attached hydrogens (tertiary/aromatic N) is 2. The number of alkyl halides is 6. The topological polar surface area (TPSA) is 94.2 Å². The number of guanidine groups is 1. The number of nitrogens with two attached hydrogens (primary N) is 1. The largest absolute Gasteiger partial charge is 0.493 e. The van der Waals surface area contributed by atoms with Gasteiger partial charge in [0.1, 0.15) is 0 Å². The molecule has 2 N–H and O–H groups in total. The van der Waals surface area contributed by atoms with E-state index in [-0.39, 0.29) is 6.54 Å². The van der Waals surface area contributed by atoms with Gasteiger partial charge in [0.05, 0.1) is 0 Å². The minimum Gasteiger partial charge on any atom is -0.364 e. The van der Waals surface area contributed by atoms with E-state index in [0.29, 0.717) is 18.8 Å². The molecule has 26 heavy (non-hydrogen) atoms. The smallest absolute Gasteiger partial charge is 0.364 e. The first-order valence-corrected chi connectivity index (χ1v) is 7.43. The average molecular weight is 395 g/mol. The Morgan fingerprint density at radius 2 is 1.42 bits per heavy atom. The molecule has 0 bridgehead atoms. The highest BCUT2D eigenvalue weighted by Gasteiger charge is 2.47. The summed E-state index contributed by atoms with van der Waals surface area (Å²) in [5.41, 5.74) is 5.15. The van der Waals surface area contributed by atoms with E-state index in [1.165, 1.54) is 0 Å². The molecule has 0 aliphatic carbocycles. The molecule has 0 unspecified atom stereocenters. The van der Waals surface area contributed by atoms with Crippen molar-refractivity contribution < 1.29 is 45.6 Å². The molecule has 0 fully saturated rings. The van der Waals surface area contributed by atoms with Crippen molar-refractivity contribution in [3.8, 4) is 0 Å². The standard InChI is InChI=1S/C13H19F6N3O4/c1-8(2)6-4-3-5-7-21-11(20)22(25-9(23)12(14,15)16)26-10(24)13(17,18)19/h8H,3-7H2,1-2H3,(H2,20,21). The van der Waals surface area contributed by atoms with E-state index >= 15 is 0 Å². The molecule has 0 heterocycles. The number of halogens is 6. The van der Waals surface area contributed by atoms with Crippen LogP contribution >= 0.6 is 0 Å². The number of carbonyl (C=O) groups excluding carboxylic acids is 2. The predicted molar refractivity (Wildman–Crippen MR) is 75.9 cm³/mol. The summed E-state index contributed by atoms with van der Waals surface area (Å²) in [5, 5.41) is -0.806. The van der Waals surface area contributed by atoms with Gasteiger partial charge in [-0.05, 0) is 12.3 Å². The number of carbonyl (C=O) groups is 2. The van der Waals surface area contributed by atoms with Gasteiger partial charge in [0, 0.05) is 11.8 Å². The van der Waals surface area contributed by atoms with Crippen molar-refractivity contribution in [1.29, 1.82) is 0 Å². The Balaban J connectivity index is 4.88. The lowest BCUT2D eigenvalue weighted by atomic mass is 10.1. The Kier molecular flexibility index (Phi) is 9.21. The van der Waals surface area contributed by atoms with Gasteiger partial charge >= 0.3 is 24.3 Å². The molecular weight excluding hydrogens is 376 g/mol. The number of unbranched alkanes of at least 4 members (excludes halogenated alkanes) is 2. The molecule has 0 spiro atoms. The van der Waals surface area contributed by atoms with E-state index in [2.05, 4.69) is 14.7 Å². The third kappa shape index (κ3) is 9.93. The molecule has 0 rings (SSSR count). The van der Waals surface area contributed by atoms with Crippen LogP contribution in [0, 0.1) is 5.92 Å². The Morgan fingerprint density at radius 1 is 0.962 bits per heavy atom. The Labute approximate surface area is 145 Å². The van der Waals surface area contributed by atoms with Crippen LogP contribution in [0.25, 0.3) is 0 Å². The van der Waals surface area contributed by atoms with Crippen LogP contribution in [0.3, 0.4) is 0 Å². The number of hydrogen-bond donors (Lipinski definition) is 1. The highest BCUT2D eigenvalue weighted by atomic mass is 19.4. The zero-order chi connectivity index (χ0) is 20.5. The number of rotatable bonds is 6. The summed E-state index contributed by atoms with van der Waals surface area (Å²) in [7, 11) is 0. The van der Waals surface area contributed by atoms with Crippen LogP contribution in [0.2, 0.25) is 0 Å². The minimum atomic E-state index is -5.56. The van der Waals surface area contributed by atoms with Gasteiger partial charge in [0.25, 0.3) is 5.96 Å². The average Bonchev–Trinajstić information content (AvgIpc) is 2.47. The van der Waals surface area contributed by atoms with E-state index in [0.717, 1.165) is 12.8 Å². The Hall–Kier alpha value is -2.21. The van der Waals surface area contributed by atoms with Gasteiger partial charge in [0.15, 0.2) is 0 Å². The van der Waals surface area contributed by atoms with Gasteiger partial charge in [-0.3, -0.25) is 9.68 Å². The van der Waals surface area contributed by atoms with Gasteiger partial charge in [0.2, 0.25) is 0 Å². The van der Waals surface area contributed by atoms with E-state index in [9.17, 15) is 35.9 Å². The molecule has 13 heteroatoms. The van der Waals surface area contributed by atoms with Crippen molar-refractivity contribution in [2.24, 2.45) is 16.6 Å². The third-order valence-corrected chi connectivity index (χ3v) is 2.70. The molecular formula is C13H19F6N3O4. The van der Waals surface area contributed by atoms with Crippen LogP contribution in [0.5, 0.6) is 0 Å². The Morgan fingerprint density at radius 3 is 1.81 bits per heavy atom. The second kappa shape index (κ2) is 10.1. The predicted octanol–water partition coefficient (Wildman–Crippen LogP) is 2.86. The molecule has 0 aromatic carbocycles. The van der Waals surface area contributed by atoms with Crippen LogP contribution in [-0.2, 0) is 19.3 Å². The zero-order valence-corrected chi connectivity index (χ0v) is 14.0. The SMILES string of the molecule is CC(C)CCCCCN=C(N)N(OC(=O)C(F)(F)F)OC(=O)C(F)(F)F. The van der Waals surface area contributed by atoms with E-state index in [1.54, 1.807) is 0 Å². The molecule has 0 saturated carbocycles. The van der Waals surface area contributed by atoms with Gasteiger partial charge in [-0.25, -0.2) is 14.6 Å². The summed E-state index contributed by atoms with van der Waals surface area (Å²) in [6.45, 7) is 3.93. The van der Waals surface area contributed by atoms with Gasteiger partial charge in [-0.15, -0.1) is 0 Å². The summed E-state index contributed by atoms with van der Waals surface area (Å²) in [5.74, 6) is -6.56. The van der Waals surface area contributed by atoms with Gasteiger partial charge < -0.3 is 5.73 Å². The number of hydrogen-bond acceptors (Lipinski definition) is 5. The van der Waals surface area contributed by atoms with Crippen LogP contribution < -0.4 is 5.73 Å². The number of hydroxylamine groups is 2. The van der Waals surface area contributed by atoms with Crippen LogP contribution in [-0.4, -0.2) is 42.0 Å². The first kappa shape index (κ1) is 23.8. The van der Waals surface area contributed by atoms with Crippen molar-refractivity contribution in [3.05, 3.63) is 0 Å². The molecule has 0 aromatic rings. The summed E-state index contributed by atoms with van der Waals surface area (Å²) >= 11 is 0. The maximum atomic E-state index is 12.2. The first-order valence-electron chi connectivity index (χ1n) is 7.43. The van der Waals surface area contributed by atoms with Crippen LogP contribution in [0.15, 0.2) is 4.99 Å². The minimum absolute atomic E-state index is 0.0897. The molecule has 0 aromatic heterocycles. The van der Waals surface area contributed by atoms with Crippen molar-refractivity contribution in [2.45, 2.75) is 51.9 Å². The fourth-order valence-corrected chi connectivity index (χ4v) is 1.46. The maximum absolute atomic E-state index is 12.2. The summed E-state index contributed by atoms with van der Waals surface area (Å²) < 4.78 is 72.9. The van der Waals surface area contributed by atoms with Crippen molar-refractivity contribution in [2.75, 3.05) is 6.54 Å². The van der Waals surface area contributed by atoms with Crippen LogP contribution in [0.4, 0.5) is 26.3 Å². The fraction of sp³-hybridized carbons (Fsp3) is 0.769. The van der Waals surface area contributed by atoms with E-state index in [1.807, 2.05) is 13.8 Å². The quantitative estimate of drug-likeness (QED) is 0.244. The summed E-state index contributed by atoms with van der Waals surface area (Å²) in [6, 6.07) is 0. The second-order valence-corrected chi connectivity index (χ2v) is 5.49. The fourth-order valence-electron chi connectivity index (χ4n) is 1.46. The van der Waals surface area contributed by atoms with Gasteiger partial charge in [-0.1, -0.05) is 33.1 Å². The van der Waals surface area contributed by atoms with Crippen LogP contribution in [0.1, 0.15) is 39.5 Å². The van der Waals surface area contributed by atoms with Crippen molar-refractivity contribution in [1.82, 2.24) is 5.23 Å². The highest BCUT2D eigenvalue weighted by Crippen LogP contribution is 2.20. The molecule has 0 aliphatic heterocycles. The Bertz CT molecular complexity index is 477. The van der Waals surface area contributed by atoms with Gasteiger partial charge in [-0.2, -0.15) is 26.3 Å². The molecule has 152 valence electrons. The highest BCUT2D eigenvalue weighted by molar-refractivity contribution is 5.83. The van der Waals surface area contributed by atoms with E-state index < -0.39 is 35.5 Å². The zero-order valence-electron chi connectivity index (χ0n) is 14.0. The molecule has 0 saturated heterocycles. The maximum Gasteiger partial charge on any atom is 0.493 e. The monoisotopic (exact) mass is 395 g/mol. The third-order valence-electron chi connectivity index (χ3n) is 2.70. The molecule has 0 radical (unpaired) electrons. The molecule has 0 amide bonds. The summed E-state index contributed by atoms with van der Waals surface area (Å²) in [4.78, 5) is 31.9.